The molecular formula is C23H29N5O7. The van der Waals surface area contributed by atoms with Gasteiger partial charge >= 0.3 is 11.9 Å². The number of hydrogen-bond donors (Lipinski definition) is 6. The van der Waals surface area contributed by atoms with E-state index in [2.05, 4.69) is 15.6 Å². The van der Waals surface area contributed by atoms with Crippen LogP contribution in [0.15, 0.2) is 30.5 Å². The number of nitrogens with zero attached hydrogens (tertiary/aromatic N) is 1. The fraction of sp³-hybridized carbons (Fsp3) is 0.435. The maximum absolute atomic E-state index is 13.5. The van der Waals surface area contributed by atoms with Crippen LogP contribution in [-0.2, 0) is 30.4 Å². The molecule has 1 aromatic carbocycles. The number of fused-ring (bicyclic) bond motifs is 1. The number of amides is 3. The SMILES string of the molecule is NCC(=O)NC(Cc1c[nH]c2ccccc12)C(=O)N1CCCC1C(=O)NC(CCC(=O)O)C(=O)O. The van der Waals surface area contributed by atoms with Gasteiger partial charge in [-0.15, -0.1) is 0 Å². The van der Waals surface area contributed by atoms with E-state index >= 15 is 0 Å². The molecule has 35 heavy (non-hydrogen) atoms. The van der Waals surface area contributed by atoms with E-state index in [1.807, 2.05) is 24.3 Å². The third-order valence-electron chi connectivity index (χ3n) is 6.02. The number of H-pyrrole nitrogens is 1. The molecule has 2 heterocycles. The van der Waals surface area contributed by atoms with E-state index < -0.39 is 54.2 Å². The third-order valence-corrected chi connectivity index (χ3v) is 6.02. The lowest BCUT2D eigenvalue weighted by molar-refractivity contribution is -0.145. The Labute approximate surface area is 200 Å². The number of benzene rings is 1. The third kappa shape index (κ3) is 6.35. The number of carbonyl (C=O) groups is 5. The number of likely N-dealkylation sites (tertiary alicyclic amines) is 1. The molecule has 188 valence electrons. The number of hydrogen-bond acceptors (Lipinski definition) is 6. The first-order valence-electron chi connectivity index (χ1n) is 11.3. The molecule has 1 fully saturated rings. The zero-order valence-corrected chi connectivity index (χ0v) is 19.0. The second-order valence-corrected chi connectivity index (χ2v) is 8.41. The highest BCUT2D eigenvalue weighted by molar-refractivity contribution is 5.95. The molecule has 0 radical (unpaired) electrons. The number of carboxylic acids is 2. The van der Waals surface area contributed by atoms with Gasteiger partial charge in [0.2, 0.25) is 17.7 Å². The van der Waals surface area contributed by atoms with Gasteiger partial charge in [0.05, 0.1) is 6.54 Å². The molecule has 0 aliphatic carbocycles. The number of para-hydroxylation sites is 1. The zero-order chi connectivity index (χ0) is 25.5. The number of aromatic amines is 1. The summed E-state index contributed by atoms with van der Waals surface area (Å²) in [6.07, 6.45) is 2.04. The molecule has 0 saturated carbocycles. The molecule has 2 aromatic rings. The Balaban J connectivity index is 1.77. The monoisotopic (exact) mass is 487 g/mol. The van der Waals surface area contributed by atoms with E-state index in [9.17, 15) is 29.1 Å². The summed E-state index contributed by atoms with van der Waals surface area (Å²) in [6, 6.07) is 4.20. The molecule has 1 aliphatic rings. The van der Waals surface area contributed by atoms with Gasteiger partial charge in [-0.3, -0.25) is 19.2 Å². The lowest BCUT2D eigenvalue weighted by atomic mass is 10.0. The highest BCUT2D eigenvalue weighted by atomic mass is 16.4. The Hall–Kier alpha value is -3.93. The standard InChI is InChI=1S/C23H29N5O7/c24-11-19(29)26-17(10-13-12-25-15-5-2-1-4-14(13)15)22(33)28-9-3-6-18(28)21(32)27-16(23(34)35)7-8-20(30)31/h1-2,4-5,12,16-18,25H,3,6-11,24H2,(H,26,29)(H,27,32)(H,30,31)(H,34,35). The van der Waals surface area contributed by atoms with Crippen molar-refractivity contribution >= 4 is 40.6 Å². The maximum atomic E-state index is 13.5. The van der Waals surface area contributed by atoms with Crippen LogP contribution >= 0.6 is 0 Å². The van der Waals surface area contributed by atoms with Crippen molar-refractivity contribution in [2.24, 2.45) is 5.73 Å². The Morgan fingerprint density at radius 3 is 2.54 bits per heavy atom. The van der Waals surface area contributed by atoms with Gasteiger partial charge in [-0.25, -0.2) is 4.79 Å². The first kappa shape index (κ1) is 25.7. The maximum Gasteiger partial charge on any atom is 0.326 e. The quantitative estimate of drug-likeness (QED) is 0.246. The molecule has 3 rings (SSSR count). The van der Waals surface area contributed by atoms with Gasteiger partial charge in [-0.05, 0) is 30.9 Å². The number of nitrogens with two attached hydrogens (primary N) is 1. The summed E-state index contributed by atoms with van der Waals surface area (Å²) in [5.41, 5.74) is 7.12. The average molecular weight is 488 g/mol. The highest BCUT2D eigenvalue weighted by Gasteiger charge is 2.39. The van der Waals surface area contributed by atoms with Crippen LogP contribution in [0.5, 0.6) is 0 Å². The molecule has 0 spiro atoms. The van der Waals surface area contributed by atoms with Gasteiger partial charge in [-0.1, -0.05) is 18.2 Å². The molecule has 0 bridgehead atoms. The average Bonchev–Trinajstić information content (AvgIpc) is 3.48. The van der Waals surface area contributed by atoms with Crippen LogP contribution in [0.1, 0.15) is 31.2 Å². The van der Waals surface area contributed by atoms with Gasteiger partial charge in [0.25, 0.3) is 0 Å². The first-order valence-corrected chi connectivity index (χ1v) is 11.3. The second kappa shape index (κ2) is 11.5. The Morgan fingerprint density at radius 2 is 1.86 bits per heavy atom. The predicted octanol–water partition coefficient (Wildman–Crippen LogP) is -0.421. The lowest BCUT2D eigenvalue weighted by Gasteiger charge is -2.29. The highest BCUT2D eigenvalue weighted by Crippen LogP contribution is 2.23. The summed E-state index contributed by atoms with van der Waals surface area (Å²) in [5, 5.41) is 24.1. The van der Waals surface area contributed by atoms with Crippen LogP contribution in [-0.4, -0.2) is 81.0 Å². The Bertz CT molecular complexity index is 1110. The topological polar surface area (TPSA) is 195 Å². The summed E-state index contributed by atoms with van der Waals surface area (Å²) >= 11 is 0. The van der Waals surface area contributed by atoms with E-state index in [1.54, 1.807) is 6.20 Å². The number of rotatable bonds is 11. The summed E-state index contributed by atoms with van der Waals surface area (Å²) in [4.78, 5) is 65.2. The Kier molecular flexibility index (Phi) is 8.42. The van der Waals surface area contributed by atoms with Gasteiger partial charge in [0.15, 0.2) is 0 Å². The second-order valence-electron chi connectivity index (χ2n) is 8.41. The molecule has 3 amide bonds. The Morgan fingerprint density at radius 1 is 1.11 bits per heavy atom. The lowest BCUT2D eigenvalue weighted by Crippen LogP contribution is -2.56. The van der Waals surface area contributed by atoms with Crippen LogP contribution in [0.3, 0.4) is 0 Å². The van der Waals surface area contributed by atoms with E-state index in [4.69, 9.17) is 10.8 Å². The van der Waals surface area contributed by atoms with Crippen molar-refractivity contribution in [3.8, 4) is 0 Å². The van der Waals surface area contributed by atoms with Crippen molar-refractivity contribution in [3.63, 3.8) is 0 Å². The predicted molar refractivity (Wildman–Crippen MR) is 124 cm³/mol. The van der Waals surface area contributed by atoms with Crippen molar-refractivity contribution in [1.29, 1.82) is 0 Å². The van der Waals surface area contributed by atoms with Crippen LogP contribution in [0.2, 0.25) is 0 Å². The minimum absolute atomic E-state index is 0.162. The number of aliphatic carboxylic acids is 2. The molecule has 3 unspecified atom stereocenters. The van der Waals surface area contributed by atoms with Gasteiger partial charge < -0.3 is 36.5 Å². The van der Waals surface area contributed by atoms with Crippen LogP contribution in [0, 0.1) is 0 Å². The number of aromatic nitrogens is 1. The fourth-order valence-electron chi connectivity index (χ4n) is 4.27. The minimum Gasteiger partial charge on any atom is -0.481 e. The van der Waals surface area contributed by atoms with Crippen molar-refractivity contribution in [3.05, 3.63) is 36.0 Å². The zero-order valence-electron chi connectivity index (χ0n) is 19.0. The molecule has 1 aromatic heterocycles. The van der Waals surface area contributed by atoms with Crippen molar-refractivity contribution in [2.75, 3.05) is 13.1 Å². The van der Waals surface area contributed by atoms with E-state index in [-0.39, 0.29) is 25.9 Å². The van der Waals surface area contributed by atoms with Crippen LogP contribution < -0.4 is 16.4 Å². The molecule has 1 aliphatic heterocycles. The van der Waals surface area contributed by atoms with Crippen LogP contribution in [0.4, 0.5) is 0 Å². The van der Waals surface area contributed by atoms with E-state index in [0.29, 0.717) is 12.8 Å². The number of carboxylic acid groups (broad SMARTS) is 2. The van der Waals surface area contributed by atoms with Crippen LogP contribution in [0.25, 0.3) is 10.9 Å². The fourth-order valence-corrected chi connectivity index (χ4v) is 4.27. The number of carbonyl (C=O) groups excluding carboxylic acids is 3. The first-order chi connectivity index (χ1) is 16.7. The smallest absolute Gasteiger partial charge is 0.326 e. The molecular weight excluding hydrogens is 458 g/mol. The van der Waals surface area contributed by atoms with Crippen molar-refractivity contribution in [2.45, 2.75) is 50.2 Å². The molecule has 1 saturated heterocycles. The van der Waals surface area contributed by atoms with E-state index in [0.717, 1.165) is 16.5 Å². The van der Waals surface area contributed by atoms with Crippen molar-refractivity contribution in [1.82, 2.24) is 20.5 Å². The van der Waals surface area contributed by atoms with E-state index in [1.165, 1.54) is 4.90 Å². The summed E-state index contributed by atoms with van der Waals surface area (Å²) in [6.45, 7) is -0.0574. The number of nitrogens with one attached hydrogen (secondary N) is 3. The summed E-state index contributed by atoms with van der Waals surface area (Å²) in [7, 11) is 0. The van der Waals surface area contributed by atoms with Crippen molar-refractivity contribution < 1.29 is 34.2 Å². The summed E-state index contributed by atoms with van der Waals surface area (Å²) in [5.74, 6) is -4.22. The van der Waals surface area contributed by atoms with Gasteiger partial charge in [0, 0.05) is 36.5 Å². The normalized spacial score (nSPS) is 17.1. The molecule has 12 nitrogen and oxygen atoms in total. The van der Waals surface area contributed by atoms with Gasteiger partial charge in [-0.2, -0.15) is 0 Å². The molecule has 3 atom stereocenters. The summed E-state index contributed by atoms with van der Waals surface area (Å²) < 4.78 is 0. The van der Waals surface area contributed by atoms with Gasteiger partial charge in [0.1, 0.15) is 18.1 Å². The largest absolute Gasteiger partial charge is 0.481 e. The molecule has 7 N–H and O–H groups in total. The molecule has 12 heteroatoms. The minimum atomic E-state index is -1.39.